The Morgan fingerprint density at radius 2 is 2.22 bits per heavy atom. The molecule has 104 valence electrons. The van der Waals surface area contributed by atoms with E-state index >= 15 is 0 Å². The van der Waals surface area contributed by atoms with Crippen LogP contribution in [0.5, 0.6) is 0 Å². The van der Waals surface area contributed by atoms with Crippen LogP contribution in [0, 0.1) is 0 Å². The average molecular weight is 253 g/mol. The van der Waals surface area contributed by atoms with Gasteiger partial charge in [-0.05, 0) is 38.8 Å². The van der Waals surface area contributed by atoms with Gasteiger partial charge in [0.15, 0.2) is 0 Å². The van der Waals surface area contributed by atoms with Crippen molar-refractivity contribution in [1.82, 2.24) is 15.1 Å². The number of methoxy groups -OCH3 is 1. The molecule has 2 atom stereocenters. The molecule has 0 radical (unpaired) electrons. The molecular weight excluding hydrogens is 226 g/mol. The summed E-state index contributed by atoms with van der Waals surface area (Å²) in [4.78, 5) is 0. The number of likely N-dealkylation sites (N-methyl/N-ethyl adjacent to an activating group) is 1. The summed E-state index contributed by atoms with van der Waals surface area (Å²) in [6.45, 7) is 8.25. The molecule has 0 spiro atoms. The van der Waals surface area contributed by atoms with Crippen LogP contribution >= 0.6 is 0 Å². The fourth-order valence-electron chi connectivity index (χ4n) is 2.00. The highest BCUT2D eigenvalue weighted by Gasteiger charge is 2.09. The molecule has 18 heavy (non-hydrogen) atoms. The first-order valence-corrected chi connectivity index (χ1v) is 6.97. The van der Waals surface area contributed by atoms with Gasteiger partial charge in [-0.3, -0.25) is 4.68 Å². The number of nitrogens with one attached hydrogen (secondary N) is 1. The first kappa shape index (κ1) is 15.2. The zero-order chi connectivity index (χ0) is 13.4. The molecular formula is C14H27N3O. The number of ether oxygens (including phenoxy) is 1. The van der Waals surface area contributed by atoms with E-state index in [9.17, 15) is 0 Å². The minimum Gasteiger partial charge on any atom is -0.383 e. The number of hydrogen-bond donors (Lipinski definition) is 1. The van der Waals surface area contributed by atoms with Gasteiger partial charge >= 0.3 is 0 Å². The fraction of sp³-hybridized carbons (Fsp3) is 0.786. The van der Waals surface area contributed by atoms with Crippen LogP contribution in [0.1, 0.15) is 45.3 Å². The second kappa shape index (κ2) is 8.27. The lowest BCUT2D eigenvalue weighted by molar-refractivity contribution is 0.163. The zero-order valence-electron chi connectivity index (χ0n) is 12.1. The Hall–Kier alpha value is -0.870. The quantitative estimate of drug-likeness (QED) is 0.734. The molecule has 0 saturated carbocycles. The SMILES string of the molecule is CCNC(CCc1ccn(C(C)CC)n1)COC. The third-order valence-electron chi connectivity index (χ3n) is 3.32. The van der Waals surface area contributed by atoms with E-state index in [-0.39, 0.29) is 0 Å². The summed E-state index contributed by atoms with van der Waals surface area (Å²) in [6.07, 6.45) is 5.27. The zero-order valence-corrected chi connectivity index (χ0v) is 12.1. The maximum absolute atomic E-state index is 5.22. The Balaban J connectivity index is 2.44. The highest BCUT2D eigenvalue weighted by molar-refractivity contribution is 5.00. The number of aromatic nitrogens is 2. The third-order valence-corrected chi connectivity index (χ3v) is 3.32. The molecule has 1 aromatic rings. The van der Waals surface area contributed by atoms with Crippen molar-refractivity contribution in [2.45, 2.75) is 52.1 Å². The molecule has 0 aromatic carbocycles. The van der Waals surface area contributed by atoms with E-state index in [1.54, 1.807) is 7.11 Å². The lowest BCUT2D eigenvalue weighted by Crippen LogP contribution is -2.33. The Morgan fingerprint density at radius 1 is 1.44 bits per heavy atom. The van der Waals surface area contributed by atoms with Crippen LogP contribution in [0.2, 0.25) is 0 Å². The molecule has 0 amide bonds. The van der Waals surface area contributed by atoms with Crippen LogP contribution in [-0.4, -0.2) is 36.1 Å². The predicted molar refractivity (Wildman–Crippen MR) is 74.9 cm³/mol. The first-order chi connectivity index (χ1) is 8.71. The van der Waals surface area contributed by atoms with Crippen molar-refractivity contribution in [3.8, 4) is 0 Å². The predicted octanol–water partition coefficient (Wildman–Crippen LogP) is 2.41. The highest BCUT2D eigenvalue weighted by Crippen LogP contribution is 2.10. The van der Waals surface area contributed by atoms with Gasteiger partial charge < -0.3 is 10.1 Å². The molecule has 1 N–H and O–H groups in total. The molecule has 0 bridgehead atoms. The second-order valence-corrected chi connectivity index (χ2v) is 4.79. The fourth-order valence-corrected chi connectivity index (χ4v) is 2.00. The second-order valence-electron chi connectivity index (χ2n) is 4.79. The Morgan fingerprint density at radius 3 is 2.83 bits per heavy atom. The molecule has 1 heterocycles. The Labute approximate surface area is 111 Å². The van der Waals surface area contributed by atoms with E-state index in [0.29, 0.717) is 12.1 Å². The van der Waals surface area contributed by atoms with Gasteiger partial charge in [0, 0.05) is 25.4 Å². The van der Waals surface area contributed by atoms with E-state index in [2.05, 4.69) is 48.1 Å². The maximum atomic E-state index is 5.22. The van der Waals surface area contributed by atoms with Crippen LogP contribution in [0.4, 0.5) is 0 Å². The number of rotatable bonds is 9. The smallest absolute Gasteiger partial charge is 0.0625 e. The van der Waals surface area contributed by atoms with Crippen molar-refractivity contribution in [2.75, 3.05) is 20.3 Å². The minimum absolute atomic E-state index is 0.425. The van der Waals surface area contributed by atoms with E-state index in [1.165, 1.54) is 5.69 Å². The average Bonchev–Trinajstić information content (AvgIpc) is 2.84. The standard InChI is InChI=1S/C14H27N3O/c1-5-12(3)17-10-9-13(16-17)7-8-14(11-18-4)15-6-2/h9-10,12,14-15H,5-8,11H2,1-4H3. The molecule has 0 saturated heterocycles. The number of nitrogens with zero attached hydrogens (tertiary/aromatic N) is 2. The Bertz CT molecular complexity index is 319. The monoisotopic (exact) mass is 253 g/mol. The van der Waals surface area contributed by atoms with Crippen molar-refractivity contribution in [3.05, 3.63) is 18.0 Å². The first-order valence-electron chi connectivity index (χ1n) is 6.97. The van der Waals surface area contributed by atoms with Gasteiger partial charge in [-0.1, -0.05) is 13.8 Å². The third kappa shape index (κ3) is 4.78. The van der Waals surface area contributed by atoms with E-state index in [0.717, 1.165) is 32.4 Å². The lowest BCUT2D eigenvalue weighted by Gasteiger charge is -2.16. The summed E-state index contributed by atoms with van der Waals surface area (Å²) in [5.41, 5.74) is 1.18. The molecule has 0 fully saturated rings. The van der Waals surface area contributed by atoms with Gasteiger partial charge in [0.05, 0.1) is 12.3 Å². The van der Waals surface area contributed by atoms with Gasteiger partial charge in [0.1, 0.15) is 0 Å². The van der Waals surface area contributed by atoms with Crippen molar-refractivity contribution in [3.63, 3.8) is 0 Å². The van der Waals surface area contributed by atoms with E-state index in [1.807, 2.05) is 0 Å². The summed E-state index contributed by atoms with van der Waals surface area (Å²) < 4.78 is 7.28. The number of aryl methyl sites for hydroxylation is 1. The molecule has 1 aromatic heterocycles. The summed E-state index contributed by atoms with van der Waals surface area (Å²) >= 11 is 0. The van der Waals surface area contributed by atoms with Gasteiger partial charge in [0.2, 0.25) is 0 Å². The van der Waals surface area contributed by atoms with Crippen LogP contribution in [0.3, 0.4) is 0 Å². The van der Waals surface area contributed by atoms with Crippen LogP contribution in [-0.2, 0) is 11.2 Å². The van der Waals surface area contributed by atoms with Gasteiger partial charge in [-0.2, -0.15) is 5.10 Å². The van der Waals surface area contributed by atoms with E-state index in [4.69, 9.17) is 4.74 Å². The Kier molecular flexibility index (Phi) is 6.98. The molecule has 4 nitrogen and oxygen atoms in total. The minimum atomic E-state index is 0.425. The summed E-state index contributed by atoms with van der Waals surface area (Å²) in [7, 11) is 1.75. The van der Waals surface area contributed by atoms with Crippen LogP contribution in [0.25, 0.3) is 0 Å². The topological polar surface area (TPSA) is 39.1 Å². The van der Waals surface area contributed by atoms with Crippen molar-refractivity contribution >= 4 is 0 Å². The van der Waals surface area contributed by atoms with Crippen molar-refractivity contribution < 1.29 is 4.74 Å². The lowest BCUT2D eigenvalue weighted by atomic mass is 10.1. The molecule has 1 rings (SSSR count). The maximum Gasteiger partial charge on any atom is 0.0625 e. The normalized spacial score (nSPS) is 14.7. The number of hydrogen-bond acceptors (Lipinski definition) is 3. The summed E-state index contributed by atoms with van der Waals surface area (Å²) in [6, 6.07) is 3.04. The van der Waals surface area contributed by atoms with Crippen LogP contribution < -0.4 is 5.32 Å². The summed E-state index contributed by atoms with van der Waals surface area (Å²) in [5.74, 6) is 0. The van der Waals surface area contributed by atoms with Crippen molar-refractivity contribution in [1.29, 1.82) is 0 Å². The van der Waals surface area contributed by atoms with Crippen LogP contribution in [0.15, 0.2) is 12.3 Å². The highest BCUT2D eigenvalue weighted by atomic mass is 16.5. The van der Waals surface area contributed by atoms with Gasteiger partial charge in [-0.25, -0.2) is 0 Å². The molecule has 4 heteroatoms. The summed E-state index contributed by atoms with van der Waals surface area (Å²) in [5, 5.41) is 8.06. The molecule has 0 aliphatic heterocycles. The molecule has 0 aliphatic carbocycles. The largest absolute Gasteiger partial charge is 0.383 e. The van der Waals surface area contributed by atoms with Gasteiger partial charge in [-0.15, -0.1) is 0 Å². The molecule has 0 aliphatic rings. The van der Waals surface area contributed by atoms with E-state index < -0.39 is 0 Å². The van der Waals surface area contributed by atoms with Crippen molar-refractivity contribution in [2.24, 2.45) is 0 Å². The molecule has 2 unspecified atom stereocenters. The van der Waals surface area contributed by atoms with Gasteiger partial charge in [0.25, 0.3) is 0 Å².